The number of aliphatic hydroxyl groups is 1. The Morgan fingerprint density at radius 1 is 1.55 bits per heavy atom. The van der Waals surface area contributed by atoms with Gasteiger partial charge in [0.1, 0.15) is 17.6 Å². The van der Waals surface area contributed by atoms with Gasteiger partial charge in [0.05, 0.1) is 18.9 Å². The summed E-state index contributed by atoms with van der Waals surface area (Å²) in [6, 6.07) is 0. The second-order valence-corrected chi connectivity index (χ2v) is 5.39. The van der Waals surface area contributed by atoms with Gasteiger partial charge in [-0.15, -0.1) is 0 Å². The van der Waals surface area contributed by atoms with Gasteiger partial charge >= 0.3 is 0 Å². The van der Waals surface area contributed by atoms with E-state index in [2.05, 4.69) is 6.58 Å². The smallest absolute Gasteiger partial charge is 0.263 e. The van der Waals surface area contributed by atoms with Gasteiger partial charge in [0, 0.05) is 12.3 Å². The van der Waals surface area contributed by atoms with Crippen molar-refractivity contribution in [1.29, 1.82) is 0 Å². The molecule has 1 aliphatic carbocycles. The molecule has 20 heavy (non-hydrogen) atoms. The van der Waals surface area contributed by atoms with Crippen molar-refractivity contribution in [3.63, 3.8) is 0 Å². The third kappa shape index (κ3) is 1.29. The molecule has 3 fully saturated rings. The summed E-state index contributed by atoms with van der Waals surface area (Å²) in [4.78, 5) is 29.7. The van der Waals surface area contributed by atoms with Crippen LogP contribution in [0.15, 0.2) is 24.4 Å². The molecule has 1 unspecified atom stereocenters. The van der Waals surface area contributed by atoms with Gasteiger partial charge in [0.15, 0.2) is 5.78 Å². The first kappa shape index (κ1) is 13.5. The van der Waals surface area contributed by atoms with Crippen molar-refractivity contribution < 1.29 is 24.3 Å². The highest BCUT2D eigenvalue weighted by atomic mass is 16.7. The fourth-order valence-corrected chi connectivity index (χ4v) is 3.76. The van der Waals surface area contributed by atoms with E-state index >= 15 is 0 Å². The number of fused-ring (bicyclic) bond motifs is 1. The maximum Gasteiger partial charge on any atom is 0.263 e. The van der Waals surface area contributed by atoms with Crippen LogP contribution in [-0.4, -0.2) is 47.3 Å². The van der Waals surface area contributed by atoms with Crippen molar-refractivity contribution in [2.75, 3.05) is 7.11 Å². The predicted octanol–water partition coefficient (Wildman–Crippen LogP) is 0.183. The number of ether oxygens (including phenoxy) is 1. The molecule has 1 saturated carbocycles. The van der Waals surface area contributed by atoms with E-state index in [1.54, 1.807) is 6.08 Å². The first-order valence-corrected chi connectivity index (χ1v) is 6.56. The Labute approximate surface area is 116 Å². The summed E-state index contributed by atoms with van der Waals surface area (Å²) in [6.07, 6.45) is 1.23. The summed E-state index contributed by atoms with van der Waals surface area (Å²) in [5.41, 5.74) is -0.997. The minimum absolute atomic E-state index is 0.113. The topological polar surface area (TPSA) is 76.1 Å². The van der Waals surface area contributed by atoms with Crippen LogP contribution < -0.4 is 0 Å². The highest BCUT2D eigenvalue weighted by Crippen LogP contribution is 2.58. The Morgan fingerprint density at radius 3 is 2.85 bits per heavy atom. The van der Waals surface area contributed by atoms with E-state index in [4.69, 9.17) is 9.57 Å². The maximum absolute atomic E-state index is 12.7. The quantitative estimate of drug-likeness (QED) is 0.730. The molecule has 2 bridgehead atoms. The van der Waals surface area contributed by atoms with Gasteiger partial charge in [0.25, 0.3) is 5.91 Å². The average Bonchev–Trinajstić information content (AvgIpc) is 2.78. The number of hydroxylamine groups is 2. The Morgan fingerprint density at radius 2 is 2.25 bits per heavy atom. The number of hydrogen-bond acceptors (Lipinski definition) is 5. The third-order valence-electron chi connectivity index (χ3n) is 4.56. The molecule has 1 N–H and O–H groups in total. The van der Waals surface area contributed by atoms with E-state index in [1.807, 2.05) is 13.0 Å². The number of amides is 1. The average molecular weight is 279 g/mol. The van der Waals surface area contributed by atoms with E-state index in [-0.39, 0.29) is 18.1 Å². The first-order chi connectivity index (χ1) is 9.49. The minimum Gasteiger partial charge on any atom is -0.384 e. The zero-order valence-corrected chi connectivity index (χ0v) is 11.4. The Bertz CT molecular complexity index is 528. The van der Waals surface area contributed by atoms with E-state index in [9.17, 15) is 14.7 Å². The largest absolute Gasteiger partial charge is 0.384 e. The van der Waals surface area contributed by atoms with Crippen molar-refractivity contribution >= 4 is 11.7 Å². The van der Waals surface area contributed by atoms with Crippen LogP contribution in [0.4, 0.5) is 0 Å². The highest BCUT2D eigenvalue weighted by Gasteiger charge is 2.74. The van der Waals surface area contributed by atoms with Gasteiger partial charge in [-0.2, -0.15) is 5.06 Å². The maximum atomic E-state index is 12.7. The number of allylic oxidation sites excluding steroid dienone is 1. The number of Topliss-reactive ketones (excluding diaryl/α,β-unsaturated/α-hetero) is 1. The molecule has 108 valence electrons. The molecule has 6 heteroatoms. The lowest BCUT2D eigenvalue weighted by Crippen LogP contribution is -2.57. The normalized spacial score (nSPS) is 43.8. The molecule has 1 amide bonds. The van der Waals surface area contributed by atoms with Crippen LogP contribution in [0.25, 0.3) is 0 Å². The second-order valence-electron chi connectivity index (χ2n) is 5.39. The molecule has 6 nitrogen and oxygen atoms in total. The van der Waals surface area contributed by atoms with Crippen LogP contribution >= 0.6 is 0 Å². The van der Waals surface area contributed by atoms with Crippen molar-refractivity contribution in [3.8, 4) is 0 Å². The molecule has 2 heterocycles. The SMILES string of the molecule is C=C1C2O[C@@H]3CC(=O)[C@@H](O)[C@]2(C(=O)N1OC)[C@H]3/C=C/C. The summed E-state index contributed by atoms with van der Waals surface area (Å²) < 4.78 is 5.85. The van der Waals surface area contributed by atoms with Crippen LogP contribution in [0, 0.1) is 11.3 Å². The van der Waals surface area contributed by atoms with E-state index in [0.717, 1.165) is 5.06 Å². The fraction of sp³-hybridized carbons (Fsp3) is 0.571. The molecular formula is C14H17NO5. The number of aliphatic hydroxyl groups excluding tert-OH is 1. The standard InChI is InChI=1S/C14H17NO5/c1-4-5-8-10-6-9(16)11(17)14(8)12(20-10)7(2)15(19-3)13(14)18/h4-5,8,10-12,17H,2,6H2,1,3H3/b5-4+/t8-,10+,11+,12?,14+/m0/s1. The third-order valence-corrected chi connectivity index (χ3v) is 4.56. The molecule has 0 aromatic heterocycles. The van der Waals surface area contributed by atoms with Crippen molar-refractivity contribution in [2.45, 2.75) is 31.7 Å². The number of carbonyl (C=O) groups excluding carboxylic acids is 2. The molecule has 1 spiro atoms. The summed E-state index contributed by atoms with van der Waals surface area (Å²) in [7, 11) is 1.35. The van der Waals surface area contributed by atoms with Gasteiger partial charge < -0.3 is 9.84 Å². The van der Waals surface area contributed by atoms with Crippen LogP contribution in [0.1, 0.15) is 13.3 Å². The number of hydrogen-bond donors (Lipinski definition) is 1. The van der Waals surface area contributed by atoms with Crippen molar-refractivity contribution in [2.24, 2.45) is 11.3 Å². The van der Waals surface area contributed by atoms with Crippen LogP contribution in [0.5, 0.6) is 0 Å². The molecule has 0 aromatic rings. The fourth-order valence-electron chi connectivity index (χ4n) is 3.76. The lowest BCUT2D eigenvalue weighted by atomic mass is 9.62. The van der Waals surface area contributed by atoms with Crippen LogP contribution in [0.3, 0.4) is 0 Å². The molecule has 2 saturated heterocycles. The minimum atomic E-state index is -1.39. The van der Waals surface area contributed by atoms with Crippen molar-refractivity contribution in [1.82, 2.24) is 5.06 Å². The van der Waals surface area contributed by atoms with Gasteiger partial charge in [0.2, 0.25) is 0 Å². The summed E-state index contributed by atoms with van der Waals surface area (Å²) in [5, 5.41) is 11.4. The highest BCUT2D eigenvalue weighted by molar-refractivity contribution is 5.99. The zero-order chi connectivity index (χ0) is 14.7. The van der Waals surface area contributed by atoms with Crippen LogP contribution in [0.2, 0.25) is 0 Å². The van der Waals surface area contributed by atoms with Gasteiger partial charge in [-0.05, 0) is 6.92 Å². The van der Waals surface area contributed by atoms with Gasteiger partial charge in [-0.1, -0.05) is 18.7 Å². The molecule has 0 radical (unpaired) electrons. The van der Waals surface area contributed by atoms with Crippen LogP contribution in [-0.2, 0) is 19.2 Å². The number of rotatable bonds is 2. The molecular weight excluding hydrogens is 262 g/mol. The Kier molecular flexibility index (Phi) is 2.86. The summed E-state index contributed by atoms with van der Waals surface area (Å²) in [6.45, 7) is 5.65. The number of carbonyl (C=O) groups is 2. The molecule has 0 aromatic carbocycles. The lowest BCUT2D eigenvalue weighted by molar-refractivity contribution is -0.178. The lowest BCUT2D eigenvalue weighted by Gasteiger charge is -2.38. The molecule has 2 aliphatic heterocycles. The van der Waals surface area contributed by atoms with Crippen molar-refractivity contribution in [3.05, 3.63) is 24.4 Å². The predicted molar refractivity (Wildman–Crippen MR) is 68.0 cm³/mol. The Hall–Kier alpha value is -1.50. The first-order valence-electron chi connectivity index (χ1n) is 6.56. The zero-order valence-electron chi connectivity index (χ0n) is 11.4. The molecule has 5 atom stereocenters. The molecule has 3 aliphatic rings. The summed E-state index contributed by atoms with van der Waals surface area (Å²) in [5.74, 6) is -1.17. The van der Waals surface area contributed by atoms with E-state index < -0.39 is 29.6 Å². The number of ketones is 1. The monoisotopic (exact) mass is 279 g/mol. The Balaban J connectivity index is 2.18. The van der Waals surface area contributed by atoms with Gasteiger partial charge in [-0.3, -0.25) is 14.4 Å². The van der Waals surface area contributed by atoms with Gasteiger partial charge in [-0.25, -0.2) is 0 Å². The summed E-state index contributed by atoms with van der Waals surface area (Å²) >= 11 is 0. The van der Waals surface area contributed by atoms with E-state index in [1.165, 1.54) is 7.11 Å². The number of nitrogens with zero attached hydrogens (tertiary/aromatic N) is 1. The second kappa shape index (κ2) is 4.25. The molecule has 3 rings (SSSR count). The van der Waals surface area contributed by atoms with E-state index in [0.29, 0.717) is 5.70 Å².